The monoisotopic (exact) mass is 251 g/mol. The van der Waals surface area contributed by atoms with Gasteiger partial charge in [0.05, 0.1) is 6.10 Å². The number of carbonyl (C=O) groups is 1. The minimum Gasteiger partial charge on any atom is -0.391 e. The number of aryl methyl sites for hydroxylation is 1. The number of hydrogen-bond donors (Lipinski definition) is 1. The normalized spacial score (nSPS) is 19.2. The first kappa shape index (κ1) is 12.8. The lowest BCUT2D eigenvalue weighted by Gasteiger charge is -2.15. The van der Waals surface area contributed by atoms with Crippen LogP contribution in [0.3, 0.4) is 0 Å². The summed E-state index contributed by atoms with van der Waals surface area (Å²) in [4.78, 5) is 25.2. The zero-order chi connectivity index (χ0) is 13.1. The van der Waals surface area contributed by atoms with Gasteiger partial charge in [-0.3, -0.25) is 9.59 Å². The molecule has 2 rings (SSSR count). The van der Waals surface area contributed by atoms with Crippen molar-refractivity contribution in [2.24, 2.45) is 0 Å². The summed E-state index contributed by atoms with van der Waals surface area (Å²) in [5, 5.41) is 13.5. The molecule has 1 amide bonds. The van der Waals surface area contributed by atoms with Crippen molar-refractivity contribution in [1.82, 2.24) is 14.7 Å². The first-order valence-electron chi connectivity index (χ1n) is 6.17. The Bertz CT molecular complexity index is 498. The number of nitrogens with zero attached hydrogens (tertiary/aromatic N) is 3. The van der Waals surface area contributed by atoms with Gasteiger partial charge in [0.1, 0.15) is 5.69 Å². The summed E-state index contributed by atoms with van der Waals surface area (Å²) >= 11 is 0. The van der Waals surface area contributed by atoms with E-state index in [0.717, 1.165) is 6.42 Å². The number of aromatic nitrogens is 2. The zero-order valence-electron chi connectivity index (χ0n) is 10.4. The highest BCUT2D eigenvalue weighted by Gasteiger charge is 2.26. The fraction of sp³-hybridized carbons (Fsp3) is 0.583. The van der Waals surface area contributed by atoms with E-state index in [4.69, 9.17) is 0 Å². The van der Waals surface area contributed by atoms with E-state index in [1.807, 2.05) is 6.92 Å². The molecule has 0 radical (unpaired) electrons. The molecular formula is C12H17N3O3. The van der Waals surface area contributed by atoms with Crippen molar-refractivity contribution in [3.8, 4) is 0 Å². The third-order valence-electron chi connectivity index (χ3n) is 2.97. The maximum Gasteiger partial charge on any atom is 0.274 e. The van der Waals surface area contributed by atoms with Crippen molar-refractivity contribution in [2.45, 2.75) is 32.4 Å². The van der Waals surface area contributed by atoms with Crippen molar-refractivity contribution in [3.05, 3.63) is 28.2 Å². The molecule has 2 heterocycles. The molecular weight excluding hydrogens is 234 g/mol. The molecule has 6 nitrogen and oxygen atoms in total. The molecule has 1 aromatic rings. The second-order valence-corrected chi connectivity index (χ2v) is 4.47. The van der Waals surface area contributed by atoms with Gasteiger partial charge in [-0.15, -0.1) is 0 Å². The van der Waals surface area contributed by atoms with E-state index < -0.39 is 6.10 Å². The number of amides is 1. The highest BCUT2D eigenvalue weighted by atomic mass is 16.3. The molecule has 1 atom stereocenters. The summed E-state index contributed by atoms with van der Waals surface area (Å²) in [6.45, 7) is 3.32. The first-order chi connectivity index (χ1) is 8.61. The van der Waals surface area contributed by atoms with Crippen molar-refractivity contribution >= 4 is 5.91 Å². The number of aliphatic hydroxyl groups is 1. The highest BCUT2D eigenvalue weighted by Crippen LogP contribution is 2.11. The number of hydrogen-bond acceptors (Lipinski definition) is 4. The van der Waals surface area contributed by atoms with Gasteiger partial charge < -0.3 is 10.0 Å². The summed E-state index contributed by atoms with van der Waals surface area (Å²) < 4.78 is 1.31. The Morgan fingerprint density at radius 1 is 1.56 bits per heavy atom. The van der Waals surface area contributed by atoms with Gasteiger partial charge in [-0.1, -0.05) is 6.92 Å². The lowest BCUT2D eigenvalue weighted by Crippen LogP contribution is -2.33. The molecule has 0 aromatic carbocycles. The van der Waals surface area contributed by atoms with Gasteiger partial charge >= 0.3 is 0 Å². The van der Waals surface area contributed by atoms with Gasteiger partial charge in [-0.2, -0.15) is 5.10 Å². The molecule has 0 aliphatic carbocycles. The quantitative estimate of drug-likeness (QED) is 0.811. The van der Waals surface area contributed by atoms with Gasteiger partial charge in [0.15, 0.2) is 0 Å². The maximum absolute atomic E-state index is 12.1. The molecule has 0 saturated carbocycles. The van der Waals surface area contributed by atoms with E-state index in [1.165, 1.54) is 16.8 Å². The number of aliphatic hydroxyl groups excluding tert-OH is 1. The second kappa shape index (κ2) is 5.30. The van der Waals surface area contributed by atoms with Gasteiger partial charge in [0, 0.05) is 25.7 Å². The smallest absolute Gasteiger partial charge is 0.274 e. The summed E-state index contributed by atoms with van der Waals surface area (Å²) in [6.07, 6.45) is 0.934. The van der Waals surface area contributed by atoms with Crippen LogP contribution in [0, 0.1) is 0 Å². The second-order valence-electron chi connectivity index (χ2n) is 4.47. The van der Waals surface area contributed by atoms with E-state index in [0.29, 0.717) is 26.1 Å². The van der Waals surface area contributed by atoms with E-state index >= 15 is 0 Å². The van der Waals surface area contributed by atoms with Crippen LogP contribution in [0.2, 0.25) is 0 Å². The highest BCUT2D eigenvalue weighted by molar-refractivity contribution is 5.92. The third kappa shape index (κ3) is 2.59. The molecule has 0 bridgehead atoms. The minimum absolute atomic E-state index is 0.199. The Kier molecular flexibility index (Phi) is 3.76. The molecule has 1 aromatic heterocycles. The average Bonchev–Trinajstić information content (AvgIpc) is 2.78. The molecule has 1 aliphatic rings. The third-order valence-corrected chi connectivity index (χ3v) is 2.97. The molecule has 0 spiro atoms. The fourth-order valence-corrected chi connectivity index (χ4v) is 2.02. The van der Waals surface area contributed by atoms with Crippen molar-refractivity contribution < 1.29 is 9.90 Å². The van der Waals surface area contributed by atoms with Crippen LogP contribution < -0.4 is 5.56 Å². The summed E-state index contributed by atoms with van der Waals surface area (Å²) in [5.41, 5.74) is 0.0620. The fourth-order valence-electron chi connectivity index (χ4n) is 2.02. The van der Waals surface area contributed by atoms with Gasteiger partial charge in [0.2, 0.25) is 0 Å². The van der Waals surface area contributed by atoms with Crippen LogP contribution in [0.5, 0.6) is 0 Å². The Morgan fingerprint density at radius 3 is 2.94 bits per heavy atom. The van der Waals surface area contributed by atoms with Crippen LogP contribution in [-0.4, -0.2) is 44.9 Å². The minimum atomic E-state index is -0.449. The lowest BCUT2D eigenvalue weighted by molar-refractivity contribution is 0.0756. The van der Waals surface area contributed by atoms with E-state index in [9.17, 15) is 14.7 Å². The van der Waals surface area contributed by atoms with E-state index in [2.05, 4.69) is 5.10 Å². The molecule has 1 saturated heterocycles. The summed E-state index contributed by atoms with van der Waals surface area (Å²) in [6, 6.07) is 2.81. The predicted octanol–water partition coefficient (Wildman–Crippen LogP) is -0.140. The van der Waals surface area contributed by atoms with Gasteiger partial charge in [-0.25, -0.2) is 4.68 Å². The SMILES string of the molecule is CCCn1nc(C(=O)N2CC[C@@H](O)C2)ccc1=O. The number of β-amino-alcohol motifs (C(OH)–C–C–N with tert-alkyl or cyclic N) is 1. The molecule has 18 heavy (non-hydrogen) atoms. The Labute approximate surface area is 105 Å². The molecule has 1 N–H and O–H groups in total. The van der Waals surface area contributed by atoms with Gasteiger partial charge in [0.25, 0.3) is 11.5 Å². The molecule has 98 valence electrons. The lowest BCUT2D eigenvalue weighted by atomic mass is 10.3. The van der Waals surface area contributed by atoms with Crippen molar-refractivity contribution in [1.29, 1.82) is 0 Å². The zero-order valence-corrected chi connectivity index (χ0v) is 10.4. The summed E-state index contributed by atoms with van der Waals surface area (Å²) in [5.74, 6) is -0.226. The topological polar surface area (TPSA) is 75.4 Å². The van der Waals surface area contributed by atoms with E-state index in [-0.39, 0.29) is 17.2 Å². The largest absolute Gasteiger partial charge is 0.391 e. The van der Waals surface area contributed by atoms with Crippen LogP contribution in [0.4, 0.5) is 0 Å². The Hall–Kier alpha value is -1.69. The molecule has 0 unspecified atom stereocenters. The van der Waals surface area contributed by atoms with Crippen molar-refractivity contribution in [2.75, 3.05) is 13.1 Å². The van der Waals surface area contributed by atoms with Crippen LogP contribution in [0.15, 0.2) is 16.9 Å². The summed E-state index contributed by atoms with van der Waals surface area (Å²) in [7, 11) is 0. The maximum atomic E-state index is 12.1. The van der Waals surface area contributed by atoms with Gasteiger partial charge in [-0.05, 0) is 18.9 Å². The number of carbonyl (C=O) groups excluding carboxylic acids is 1. The number of likely N-dealkylation sites (tertiary alicyclic amines) is 1. The van der Waals surface area contributed by atoms with Crippen LogP contribution in [-0.2, 0) is 6.54 Å². The average molecular weight is 251 g/mol. The molecule has 1 aliphatic heterocycles. The first-order valence-corrected chi connectivity index (χ1v) is 6.17. The Morgan fingerprint density at radius 2 is 2.33 bits per heavy atom. The van der Waals surface area contributed by atoms with Crippen LogP contribution in [0.1, 0.15) is 30.3 Å². The number of rotatable bonds is 3. The molecule has 1 fully saturated rings. The van der Waals surface area contributed by atoms with Crippen molar-refractivity contribution in [3.63, 3.8) is 0 Å². The standard InChI is InChI=1S/C12H17N3O3/c1-2-6-15-11(17)4-3-10(13-15)12(18)14-7-5-9(16)8-14/h3-4,9,16H,2,5-8H2,1H3/t9-/m1/s1. The predicted molar refractivity (Wildman–Crippen MR) is 65.3 cm³/mol. The van der Waals surface area contributed by atoms with Crippen LogP contribution >= 0.6 is 0 Å². The van der Waals surface area contributed by atoms with Crippen LogP contribution in [0.25, 0.3) is 0 Å². The Balaban J connectivity index is 2.20. The molecule has 6 heteroatoms. The van der Waals surface area contributed by atoms with E-state index in [1.54, 1.807) is 4.90 Å².